The molecule has 0 bridgehead atoms. The maximum Gasteiger partial charge on any atom is 0.409 e. The molecule has 166 valence electrons. The average Bonchev–Trinajstić information content (AvgIpc) is 3.35. The lowest BCUT2D eigenvalue weighted by atomic mass is 9.93. The van der Waals surface area contributed by atoms with E-state index in [4.69, 9.17) is 4.74 Å². The van der Waals surface area contributed by atoms with Crippen LogP contribution in [-0.4, -0.2) is 70.4 Å². The number of likely N-dealkylation sites (tertiary alicyclic amines) is 2. The molecule has 2 aromatic rings. The molecule has 8 nitrogen and oxygen atoms in total. The molecule has 1 atom stereocenters. The summed E-state index contributed by atoms with van der Waals surface area (Å²) in [6, 6.07) is 10.0. The van der Waals surface area contributed by atoms with Crippen LogP contribution in [0.15, 0.2) is 42.7 Å². The minimum Gasteiger partial charge on any atom is -0.450 e. The van der Waals surface area contributed by atoms with Crippen molar-refractivity contribution in [3.8, 4) is 5.69 Å². The first-order valence-corrected chi connectivity index (χ1v) is 11.2. The van der Waals surface area contributed by atoms with Gasteiger partial charge in [-0.2, -0.15) is 5.10 Å². The number of hydrogen-bond acceptors (Lipinski definition) is 5. The number of piperidine rings is 2. The maximum absolute atomic E-state index is 13.0. The van der Waals surface area contributed by atoms with E-state index in [2.05, 4.69) is 15.3 Å². The summed E-state index contributed by atoms with van der Waals surface area (Å²) in [4.78, 5) is 29.1. The Kier molecular flexibility index (Phi) is 6.86. The van der Waals surface area contributed by atoms with Crippen molar-refractivity contribution in [3.63, 3.8) is 0 Å². The second kappa shape index (κ2) is 9.96. The van der Waals surface area contributed by atoms with Crippen molar-refractivity contribution in [2.45, 2.75) is 38.6 Å². The van der Waals surface area contributed by atoms with Gasteiger partial charge in [0, 0.05) is 43.8 Å². The fraction of sp³-hybridized carbons (Fsp3) is 0.522. The number of aromatic nitrogens is 2. The normalized spacial score (nSPS) is 20.4. The minimum atomic E-state index is -0.214. The van der Waals surface area contributed by atoms with Crippen LogP contribution in [0.1, 0.15) is 32.6 Å². The van der Waals surface area contributed by atoms with Crippen LogP contribution in [0.3, 0.4) is 0 Å². The zero-order chi connectivity index (χ0) is 21.6. The molecule has 0 radical (unpaired) electrons. The highest BCUT2D eigenvalue weighted by Gasteiger charge is 2.32. The molecule has 0 aliphatic carbocycles. The smallest absolute Gasteiger partial charge is 0.409 e. The Labute approximate surface area is 183 Å². The summed E-state index contributed by atoms with van der Waals surface area (Å²) in [5, 5.41) is 7.35. The number of hydrogen-bond donors (Lipinski definition) is 1. The first-order valence-electron chi connectivity index (χ1n) is 11.2. The molecule has 2 aliphatic heterocycles. The van der Waals surface area contributed by atoms with E-state index in [-0.39, 0.29) is 17.9 Å². The van der Waals surface area contributed by atoms with E-state index in [1.807, 2.05) is 43.5 Å². The van der Waals surface area contributed by atoms with Crippen LogP contribution >= 0.6 is 0 Å². The molecule has 8 heteroatoms. The molecule has 31 heavy (non-hydrogen) atoms. The Morgan fingerprint density at radius 1 is 1.16 bits per heavy atom. The minimum absolute atomic E-state index is 0.0230. The third-order valence-corrected chi connectivity index (χ3v) is 6.21. The summed E-state index contributed by atoms with van der Waals surface area (Å²) in [6.07, 6.45) is 7.19. The summed E-state index contributed by atoms with van der Waals surface area (Å²) < 4.78 is 6.89. The molecule has 2 saturated heterocycles. The number of amides is 2. The van der Waals surface area contributed by atoms with Crippen molar-refractivity contribution in [1.82, 2.24) is 19.6 Å². The van der Waals surface area contributed by atoms with Crippen molar-refractivity contribution >= 4 is 17.7 Å². The van der Waals surface area contributed by atoms with Crippen LogP contribution in [0, 0.1) is 5.92 Å². The van der Waals surface area contributed by atoms with Crippen LogP contribution in [0.2, 0.25) is 0 Å². The standard InChI is InChI=1S/C23H31N5O3/c1-2-31-23(30)26-14-9-20(10-15-26)27-12-4-6-18(17-27)22(29)25-19-7-3-8-21(16-19)28-13-5-11-24-28/h3,5,7-8,11,13,16,18,20H,2,4,6,9-10,12,14-15,17H2,1H3,(H,25,29)/t18-/m1/s1. The number of carbonyl (C=O) groups is 2. The van der Waals surface area contributed by atoms with Gasteiger partial charge in [0.15, 0.2) is 0 Å². The van der Waals surface area contributed by atoms with Crippen LogP contribution in [0.4, 0.5) is 10.5 Å². The van der Waals surface area contributed by atoms with Gasteiger partial charge >= 0.3 is 6.09 Å². The molecular weight excluding hydrogens is 394 g/mol. The SMILES string of the molecule is CCOC(=O)N1CCC(N2CCC[C@@H](C(=O)Nc3cccc(-n4cccn4)c3)C2)CC1. The van der Waals surface area contributed by atoms with Gasteiger partial charge in [-0.25, -0.2) is 9.48 Å². The summed E-state index contributed by atoms with van der Waals surface area (Å²) in [5.74, 6) is 0.0523. The zero-order valence-electron chi connectivity index (χ0n) is 18.1. The molecule has 3 heterocycles. The molecule has 0 spiro atoms. The van der Waals surface area contributed by atoms with Crippen LogP contribution in [0.25, 0.3) is 5.69 Å². The van der Waals surface area contributed by atoms with E-state index in [1.54, 1.807) is 15.8 Å². The third-order valence-electron chi connectivity index (χ3n) is 6.21. The molecular formula is C23H31N5O3. The van der Waals surface area contributed by atoms with E-state index < -0.39 is 0 Å². The van der Waals surface area contributed by atoms with Gasteiger partial charge in [0.1, 0.15) is 0 Å². The molecule has 1 N–H and O–H groups in total. The molecule has 4 rings (SSSR count). The highest BCUT2D eigenvalue weighted by atomic mass is 16.6. The Morgan fingerprint density at radius 2 is 2.00 bits per heavy atom. The van der Waals surface area contributed by atoms with Gasteiger partial charge in [-0.1, -0.05) is 6.07 Å². The predicted octanol–water partition coefficient (Wildman–Crippen LogP) is 3.14. The van der Waals surface area contributed by atoms with Gasteiger partial charge in [-0.05, 0) is 63.4 Å². The number of rotatable bonds is 5. The van der Waals surface area contributed by atoms with Crippen LogP contribution in [0.5, 0.6) is 0 Å². The molecule has 1 aromatic heterocycles. The van der Waals surface area contributed by atoms with Crippen molar-refractivity contribution < 1.29 is 14.3 Å². The summed E-state index contributed by atoms with van der Waals surface area (Å²) in [6.45, 7) is 5.47. The number of nitrogens with zero attached hydrogens (tertiary/aromatic N) is 4. The summed E-state index contributed by atoms with van der Waals surface area (Å²) in [7, 11) is 0. The van der Waals surface area contributed by atoms with Crippen molar-refractivity contribution in [3.05, 3.63) is 42.7 Å². The molecule has 2 amide bonds. The van der Waals surface area contributed by atoms with Crippen LogP contribution < -0.4 is 5.32 Å². The van der Waals surface area contributed by atoms with Crippen molar-refractivity contribution in [2.24, 2.45) is 5.92 Å². The largest absolute Gasteiger partial charge is 0.450 e. The van der Waals surface area contributed by atoms with Gasteiger partial charge < -0.3 is 15.0 Å². The molecule has 1 aromatic carbocycles. The quantitative estimate of drug-likeness (QED) is 0.796. The Bertz CT molecular complexity index is 877. The van der Waals surface area contributed by atoms with E-state index in [0.29, 0.717) is 12.6 Å². The Hall–Kier alpha value is -2.87. The molecule has 0 saturated carbocycles. The predicted molar refractivity (Wildman–Crippen MR) is 118 cm³/mol. The fourth-order valence-corrected chi connectivity index (χ4v) is 4.57. The maximum atomic E-state index is 13.0. The van der Waals surface area contributed by atoms with Crippen LogP contribution in [-0.2, 0) is 9.53 Å². The van der Waals surface area contributed by atoms with Gasteiger partial charge in [0.05, 0.1) is 18.2 Å². The number of ether oxygens (including phenoxy) is 1. The number of anilines is 1. The monoisotopic (exact) mass is 425 g/mol. The lowest BCUT2D eigenvalue weighted by molar-refractivity contribution is -0.122. The number of nitrogens with one attached hydrogen (secondary N) is 1. The Morgan fingerprint density at radius 3 is 2.74 bits per heavy atom. The second-order valence-corrected chi connectivity index (χ2v) is 8.24. The Balaban J connectivity index is 1.31. The highest BCUT2D eigenvalue weighted by Crippen LogP contribution is 2.25. The van der Waals surface area contributed by atoms with Gasteiger partial charge in [-0.15, -0.1) is 0 Å². The lowest BCUT2D eigenvalue weighted by Crippen LogP contribution is -2.51. The zero-order valence-corrected chi connectivity index (χ0v) is 18.1. The van der Waals surface area contributed by atoms with Crippen molar-refractivity contribution in [1.29, 1.82) is 0 Å². The topological polar surface area (TPSA) is 79.7 Å². The van der Waals surface area contributed by atoms with Gasteiger partial charge in [0.2, 0.25) is 5.91 Å². The third kappa shape index (κ3) is 5.25. The first kappa shape index (κ1) is 21.4. The molecule has 0 unspecified atom stereocenters. The van der Waals surface area contributed by atoms with E-state index in [1.165, 1.54) is 0 Å². The number of benzene rings is 1. The molecule has 2 aliphatic rings. The van der Waals surface area contributed by atoms with E-state index in [9.17, 15) is 9.59 Å². The summed E-state index contributed by atoms with van der Waals surface area (Å²) in [5.41, 5.74) is 1.71. The van der Waals surface area contributed by atoms with E-state index in [0.717, 1.165) is 63.2 Å². The molecule has 2 fully saturated rings. The fourth-order valence-electron chi connectivity index (χ4n) is 4.57. The van der Waals surface area contributed by atoms with Crippen molar-refractivity contribution in [2.75, 3.05) is 38.1 Å². The van der Waals surface area contributed by atoms with Gasteiger partial charge in [-0.3, -0.25) is 9.69 Å². The average molecular weight is 426 g/mol. The lowest BCUT2D eigenvalue weighted by Gasteiger charge is -2.41. The number of carbonyl (C=O) groups excluding carboxylic acids is 2. The first-order chi connectivity index (χ1) is 15.1. The summed E-state index contributed by atoms with van der Waals surface area (Å²) >= 11 is 0. The van der Waals surface area contributed by atoms with Gasteiger partial charge in [0.25, 0.3) is 0 Å². The second-order valence-electron chi connectivity index (χ2n) is 8.24. The highest BCUT2D eigenvalue weighted by molar-refractivity contribution is 5.93. The van der Waals surface area contributed by atoms with E-state index >= 15 is 0 Å².